The first-order chi connectivity index (χ1) is 13.8. The number of halogens is 3. The van der Waals surface area contributed by atoms with Gasteiger partial charge in [0.2, 0.25) is 14.2 Å². The summed E-state index contributed by atoms with van der Waals surface area (Å²) in [7, 11) is -3.94. The molecule has 0 radical (unpaired) electrons. The molecule has 0 aliphatic rings. The molecule has 0 fully saturated rings. The average molecular weight is 457 g/mol. The zero-order valence-electron chi connectivity index (χ0n) is 16.5. The maximum absolute atomic E-state index is 12.9. The second kappa shape index (κ2) is 7.67. The number of imidazole rings is 1. The van der Waals surface area contributed by atoms with Crippen LogP contribution >= 0.6 is 11.3 Å². The van der Waals surface area contributed by atoms with Crippen LogP contribution in [0, 0.1) is 11.3 Å². The third kappa shape index (κ3) is 4.49. The highest BCUT2D eigenvalue weighted by Crippen LogP contribution is 2.31. The SMILES string of the molecule is CC(C)(C)c1nc2cc(S(=O)(=O)c3ncc(C#N)s3)ccc2n1CCCC(F)(F)F. The van der Waals surface area contributed by atoms with Crippen molar-refractivity contribution in [2.75, 3.05) is 0 Å². The van der Waals surface area contributed by atoms with Crippen LogP contribution in [0.3, 0.4) is 0 Å². The predicted molar refractivity (Wildman–Crippen MR) is 106 cm³/mol. The number of hydrogen-bond donors (Lipinski definition) is 0. The summed E-state index contributed by atoms with van der Waals surface area (Å²) in [4.78, 5) is 8.50. The van der Waals surface area contributed by atoms with Gasteiger partial charge in [0.05, 0.1) is 22.1 Å². The van der Waals surface area contributed by atoms with Crippen molar-refractivity contribution in [2.24, 2.45) is 0 Å². The fraction of sp³-hybridized carbons (Fsp3) is 0.421. The van der Waals surface area contributed by atoms with E-state index in [1.54, 1.807) is 10.6 Å². The summed E-state index contributed by atoms with van der Waals surface area (Å²) in [5.41, 5.74) is 0.496. The Morgan fingerprint density at radius 1 is 1.23 bits per heavy atom. The molecule has 0 amide bonds. The molecule has 6 nitrogen and oxygen atoms in total. The monoisotopic (exact) mass is 456 g/mol. The van der Waals surface area contributed by atoms with Gasteiger partial charge in [0.1, 0.15) is 16.8 Å². The highest BCUT2D eigenvalue weighted by atomic mass is 32.2. The van der Waals surface area contributed by atoms with Gasteiger partial charge in [-0.1, -0.05) is 32.1 Å². The lowest BCUT2D eigenvalue weighted by molar-refractivity contribution is -0.135. The van der Waals surface area contributed by atoms with Crippen LogP contribution in [0.2, 0.25) is 0 Å². The number of benzene rings is 1. The van der Waals surface area contributed by atoms with E-state index in [9.17, 15) is 21.6 Å². The van der Waals surface area contributed by atoms with E-state index in [-0.39, 0.29) is 27.1 Å². The quantitative estimate of drug-likeness (QED) is 0.548. The molecule has 0 atom stereocenters. The predicted octanol–water partition coefficient (Wildman–Crippen LogP) is 4.84. The van der Waals surface area contributed by atoms with Crippen LogP contribution in [0.15, 0.2) is 33.6 Å². The molecule has 160 valence electrons. The molecular weight excluding hydrogens is 437 g/mol. The van der Waals surface area contributed by atoms with Gasteiger partial charge in [-0.3, -0.25) is 0 Å². The number of nitrogens with zero attached hydrogens (tertiary/aromatic N) is 4. The molecule has 30 heavy (non-hydrogen) atoms. The summed E-state index contributed by atoms with van der Waals surface area (Å²) in [6, 6.07) is 6.19. The second-order valence-corrected chi connectivity index (χ2v) is 11.0. The first kappa shape index (κ1) is 22.2. The smallest absolute Gasteiger partial charge is 0.328 e. The lowest BCUT2D eigenvalue weighted by Crippen LogP contribution is -2.20. The van der Waals surface area contributed by atoms with Crippen molar-refractivity contribution < 1.29 is 21.6 Å². The zero-order valence-corrected chi connectivity index (χ0v) is 18.1. The normalized spacial score (nSPS) is 13.0. The van der Waals surface area contributed by atoms with Crippen LogP contribution in [0.1, 0.15) is 44.3 Å². The largest absolute Gasteiger partial charge is 0.389 e. The number of thiazole rings is 1. The topological polar surface area (TPSA) is 88.6 Å². The number of alkyl halides is 3. The van der Waals surface area contributed by atoms with Crippen molar-refractivity contribution in [1.29, 1.82) is 5.26 Å². The molecule has 0 unspecified atom stereocenters. The minimum atomic E-state index is -4.24. The summed E-state index contributed by atoms with van der Waals surface area (Å²) < 4.78 is 65.0. The minimum absolute atomic E-state index is 0.0331. The molecule has 0 N–H and O–H groups in total. The Labute approximate surface area is 175 Å². The number of fused-ring (bicyclic) bond motifs is 1. The Morgan fingerprint density at radius 3 is 2.50 bits per heavy atom. The highest BCUT2D eigenvalue weighted by Gasteiger charge is 2.29. The number of aromatic nitrogens is 3. The van der Waals surface area contributed by atoms with E-state index in [4.69, 9.17) is 5.26 Å². The van der Waals surface area contributed by atoms with E-state index < -0.39 is 27.8 Å². The zero-order chi connectivity index (χ0) is 22.3. The van der Waals surface area contributed by atoms with Crippen LogP contribution in [-0.4, -0.2) is 29.1 Å². The fourth-order valence-corrected chi connectivity index (χ4v) is 5.40. The van der Waals surface area contributed by atoms with Gasteiger partial charge in [0.15, 0.2) is 0 Å². The first-order valence-electron chi connectivity index (χ1n) is 9.01. The van der Waals surface area contributed by atoms with E-state index in [1.807, 2.05) is 26.8 Å². The van der Waals surface area contributed by atoms with Gasteiger partial charge < -0.3 is 4.57 Å². The van der Waals surface area contributed by atoms with Gasteiger partial charge in [-0.2, -0.15) is 18.4 Å². The number of sulfone groups is 1. The van der Waals surface area contributed by atoms with Crippen molar-refractivity contribution in [2.45, 2.75) is 61.0 Å². The third-order valence-corrected chi connectivity index (χ3v) is 7.41. The molecule has 1 aromatic carbocycles. The van der Waals surface area contributed by atoms with E-state index in [2.05, 4.69) is 9.97 Å². The average Bonchev–Trinajstić information content (AvgIpc) is 3.25. The molecule has 0 saturated carbocycles. The summed E-state index contributed by atoms with van der Waals surface area (Å²) in [6.45, 7) is 5.80. The molecule has 0 saturated heterocycles. The highest BCUT2D eigenvalue weighted by molar-refractivity contribution is 7.93. The Kier molecular flexibility index (Phi) is 5.68. The van der Waals surface area contributed by atoms with Crippen molar-refractivity contribution in [3.05, 3.63) is 35.1 Å². The van der Waals surface area contributed by atoms with Crippen molar-refractivity contribution >= 4 is 32.2 Å². The Bertz CT molecular complexity index is 1230. The van der Waals surface area contributed by atoms with Crippen LogP contribution in [-0.2, 0) is 21.8 Å². The van der Waals surface area contributed by atoms with Crippen molar-refractivity contribution in [3.8, 4) is 6.07 Å². The molecule has 2 heterocycles. The van der Waals surface area contributed by atoms with Gasteiger partial charge in [-0.15, -0.1) is 0 Å². The molecule has 3 rings (SSSR count). The molecule has 2 aromatic heterocycles. The van der Waals surface area contributed by atoms with Gasteiger partial charge in [0, 0.05) is 18.4 Å². The van der Waals surface area contributed by atoms with E-state index in [1.165, 1.54) is 18.3 Å². The van der Waals surface area contributed by atoms with Gasteiger partial charge in [-0.25, -0.2) is 18.4 Å². The van der Waals surface area contributed by atoms with Crippen LogP contribution in [0.25, 0.3) is 11.0 Å². The molecular formula is C19H19F3N4O2S2. The van der Waals surface area contributed by atoms with E-state index in [0.29, 0.717) is 16.9 Å². The van der Waals surface area contributed by atoms with Gasteiger partial charge in [-0.05, 0) is 24.6 Å². The Hall–Kier alpha value is -2.45. The van der Waals surface area contributed by atoms with E-state index in [0.717, 1.165) is 11.3 Å². The molecule has 11 heteroatoms. The number of rotatable bonds is 5. The Morgan fingerprint density at radius 2 is 1.93 bits per heavy atom. The lowest BCUT2D eigenvalue weighted by atomic mass is 9.95. The fourth-order valence-electron chi connectivity index (χ4n) is 3.05. The number of hydrogen-bond acceptors (Lipinski definition) is 6. The standard InChI is InChI=1S/C19H19F3N4O2S2/c1-18(2,3)16-25-14-9-13(30(27,28)17-24-11-12(10-23)29-17)5-6-15(14)26(16)8-4-7-19(20,21)22/h5-6,9,11H,4,7-8H2,1-3H3. The summed E-state index contributed by atoms with van der Waals surface area (Å²) >= 11 is 0.774. The van der Waals surface area contributed by atoms with Crippen molar-refractivity contribution in [3.63, 3.8) is 0 Å². The number of aryl methyl sites for hydroxylation is 1. The van der Waals surface area contributed by atoms with Gasteiger partial charge >= 0.3 is 6.18 Å². The maximum Gasteiger partial charge on any atom is 0.389 e. The molecule has 0 aliphatic heterocycles. The van der Waals surface area contributed by atoms with Crippen LogP contribution < -0.4 is 0 Å². The van der Waals surface area contributed by atoms with Crippen LogP contribution in [0.5, 0.6) is 0 Å². The molecule has 0 spiro atoms. The minimum Gasteiger partial charge on any atom is -0.328 e. The van der Waals surface area contributed by atoms with Gasteiger partial charge in [0.25, 0.3) is 0 Å². The third-order valence-electron chi connectivity index (χ3n) is 4.37. The number of nitriles is 1. The first-order valence-corrected chi connectivity index (χ1v) is 11.3. The molecule has 3 aromatic rings. The van der Waals surface area contributed by atoms with Crippen LogP contribution in [0.4, 0.5) is 13.2 Å². The second-order valence-electron chi connectivity index (χ2n) is 7.81. The lowest BCUT2D eigenvalue weighted by Gasteiger charge is -2.20. The van der Waals surface area contributed by atoms with Crippen molar-refractivity contribution in [1.82, 2.24) is 14.5 Å². The Balaban J connectivity index is 2.05. The molecule has 0 bridgehead atoms. The molecule has 0 aliphatic carbocycles. The van der Waals surface area contributed by atoms with E-state index >= 15 is 0 Å². The summed E-state index contributed by atoms with van der Waals surface area (Å²) in [5.74, 6) is 0.579. The summed E-state index contributed by atoms with van der Waals surface area (Å²) in [6.07, 6.45) is -4.05. The maximum atomic E-state index is 12.9. The summed E-state index contributed by atoms with van der Waals surface area (Å²) in [5, 5.41) is 8.90.